The van der Waals surface area contributed by atoms with Crippen molar-refractivity contribution >= 4 is 17.7 Å². The number of nitrogens with zero attached hydrogens (tertiary/aromatic N) is 6. The van der Waals surface area contributed by atoms with Crippen LogP contribution in [0.5, 0.6) is 0 Å². The van der Waals surface area contributed by atoms with Crippen molar-refractivity contribution in [1.29, 1.82) is 0 Å². The third kappa shape index (κ3) is 3.42. The average Bonchev–Trinajstić information content (AvgIpc) is 3.31. The van der Waals surface area contributed by atoms with E-state index in [1.54, 1.807) is 12.4 Å². The van der Waals surface area contributed by atoms with E-state index < -0.39 is 5.92 Å². The summed E-state index contributed by atoms with van der Waals surface area (Å²) in [6, 6.07) is -0.0837. The summed E-state index contributed by atoms with van der Waals surface area (Å²) in [5.74, 6) is -1.06. The highest BCUT2D eigenvalue weighted by molar-refractivity contribution is 5.72. The van der Waals surface area contributed by atoms with E-state index in [1.807, 2.05) is 4.90 Å². The van der Waals surface area contributed by atoms with E-state index in [0.29, 0.717) is 45.1 Å². The first-order chi connectivity index (χ1) is 14.4. The molecule has 8 nitrogen and oxygen atoms in total. The van der Waals surface area contributed by atoms with Gasteiger partial charge in [-0.05, 0) is 19.8 Å². The van der Waals surface area contributed by atoms with Crippen LogP contribution in [0, 0.1) is 0 Å². The van der Waals surface area contributed by atoms with Crippen LogP contribution in [-0.2, 0) is 11.2 Å². The summed E-state index contributed by atoms with van der Waals surface area (Å²) in [6.07, 6.45) is 4.30. The molecular weight excluding hydrogens is 392 g/mol. The van der Waals surface area contributed by atoms with Gasteiger partial charge in [-0.2, -0.15) is 4.98 Å². The summed E-state index contributed by atoms with van der Waals surface area (Å²) < 4.78 is 33.4. The number of nitrogens with two attached hydrogens (primary N) is 1. The SMILES string of the molecule is CC1COCCN1c1nc(-c2cnc(N)nc2)c2c(n1)N(C1CCC(F)(F)C1)CC2. The van der Waals surface area contributed by atoms with E-state index in [0.717, 1.165) is 22.6 Å². The van der Waals surface area contributed by atoms with E-state index in [4.69, 9.17) is 20.4 Å². The molecule has 2 N–H and O–H groups in total. The lowest BCUT2D eigenvalue weighted by molar-refractivity contribution is 0.00779. The number of nitrogen functional groups attached to an aromatic ring is 1. The number of aromatic nitrogens is 4. The summed E-state index contributed by atoms with van der Waals surface area (Å²) in [6.45, 7) is 4.61. The van der Waals surface area contributed by atoms with Gasteiger partial charge in [-0.25, -0.2) is 23.7 Å². The first kappa shape index (κ1) is 19.3. The summed E-state index contributed by atoms with van der Waals surface area (Å²) in [7, 11) is 0. The number of hydrogen-bond donors (Lipinski definition) is 1. The van der Waals surface area contributed by atoms with Gasteiger partial charge >= 0.3 is 0 Å². The van der Waals surface area contributed by atoms with E-state index >= 15 is 0 Å². The quantitative estimate of drug-likeness (QED) is 0.813. The van der Waals surface area contributed by atoms with Crippen molar-refractivity contribution in [3.8, 4) is 11.3 Å². The van der Waals surface area contributed by atoms with E-state index in [2.05, 4.69) is 21.8 Å². The van der Waals surface area contributed by atoms with E-state index in [1.165, 1.54) is 0 Å². The predicted octanol–water partition coefficient (Wildman–Crippen LogP) is 2.29. The molecule has 30 heavy (non-hydrogen) atoms. The fraction of sp³-hybridized carbons (Fsp3) is 0.600. The van der Waals surface area contributed by atoms with Gasteiger partial charge in [-0.3, -0.25) is 0 Å². The van der Waals surface area contributed by atoms with Crippen LogP contribution in [0.1, 0.15) is 31.7 Å². The van der Waals surface area contributed by atoms with Crippen LogP contribution in [0.2, 0.25) is 0 Å². The fourth-order valence-corrected chi connectivity index (χ4v) is 4.67. The van der Waals surface area contributed by atoms with E-state index in [-0.39, 0.29) is 30.9 Å². The summed E-state index contributed by atoms with van der Waals surface area (Å²) in [4.78, 5) is 22.1. The molecule has 1 saturated carbocycles. The molecule has 1 aliphatic carbocycles. The molecule has 2 aliphatic heterocycles. The smallest absolute Gasteiger partial charge is 0.250 e. The molecule has 0 radical (unpaired) electrons. The zero-order valence-electron chi connectivity index (χ0n) is 16.9. The predicted molar refractivity (Wildman–Crippen MR) is 109 cm³/mol. The zero-order chi connectivity index (χ0) is 20.9. The molecule has 2 fully saturated rings. The van der Waals surface area contributed by atoms with Gasteiger partial charge in [-0.15, -0.1) is 0 Å². The Hall–Kier alpha value is -2.62. The molecule has 3 aliphatic rings. The minimum atomic E-state index is -2.60. The van der Waals surface area contributed by atoms with Gasteiger partial charge in [0.25, 0.3) is 0 Å². The van der Waals surface area contributed by atoms with Crippen LogP contribution >= 0.6 is 0 Å². The maximum absolute atomic E-state index is 13.9. The fourth-order valence-electron chi connectivity index (χ4n) is 4.67. The lowest BCUT2D eigenvalue weighted by Crippen LogP contribution is -2.45. The first-order valence-corrected chi connectivity index (χ1v) is 10.4. The first-order valence-electron chi connectivity index (χ1n) is 10.4. The molecule has 0 bridgehead atoms. The van der Waals surface area contributed by atoms with Crippen molar-refractivity contribution in [2.75, 3.05) is 41.8 Å². The van der Waals surface area contributed by atoms with Gasteiger partial charge in [0.1, 0.15) is 5.82 Å². The normalized spacial score (nSPS) is 25.6. The Morgan fingerprint density at radius 3 is 2.67 bits per heavy atom. The molecule has 4 heterocycles. The maximum Gasteiger partial charge on any atom is 0.250 e. The molecule has 5 rings (SSSR count). The Morgan fingerprint density at radius 1 is 1.17 bits per heavy atom. The molecule has 2 unspecified atom stereocenters. The second-order valence-corrected chi connectivity index (χ2v) is 8.32. The van der Waals surface area contributed by atoms with Crippen molar-refractivity contribution < 1.29 is 13.5 Å². The molecule has 10 heteroatoms. The van der Waals surface area contributed by atoms with Gasteiger partial charge in [0.05, 0.1) is 24.9 Å². The lowest BCUT2D eigenvalue weighted by atomic mass is 10.1. The minimum Gasteiger partial charge on any atom is -0.377 e. The van der Waals surface area contributed by atoms with Gasteiger partial charge in [-0.1, -0.05) is 0 Å². The van der Waals surface area contributed by atoms with Gasteiger partial charge in [0.2, 0.25) is 17.8 Å². The Balaban J connectivity index is 1.59. The monoisotopic (exact) mass is 417 g/mol. The van der Waals surface area contributed by atoms with Gasteiger partial charge in [0.15, 0.2) is 0 Å². The van der Waals surface area contributed by atoms with Crippen LogP contribution in [-0.4, -0.2) is 64.2 Å². The number of hydrogen-bond acceptors (Lipinski definition) is 8. The number of halogens is 2. The van der Waals surface area contributed by atoms with E-state index in [9.17, 15) is 8.78 Å². The van der Waals surface area contributed by atoms with Crippen LogP contribution < -0.4 is 15.5 Å². The third-order valence-electron chi connectivity index (χ3n) is 6.24. The molecule has 0 amide bonds. The summed E-state index contributed by atoms with van der Waals surface area (Å²) in [5.41, 5.74) is 8.12. The second-order valence-electron chi connectivity index (χ2n) is 8.32. The molecule has 0 spiro atoms. The molecule has 160 valence electrons. The number of anilines is 3. The molecular formula is C20H25F2N7O. The van der Waals surface area contributed by atoms with Crippen LogP contribution in [0.15, 0.2) is 12.4 Å². The summed E-state index contributed by atoms with van der Waals surface area (Å²) >= 11 is 0. The number of ether oxygens (including phenoxy) is 1. The lowest BCUT2D eigenvalue weighted by Gasteiger charge is -2.34. The van der Waals surface area contributed by atoms with Crippen molar-refractivity contribution in [2.24, 2.45) is 0 Å². The number of rotatable bonds is 3. The molecule has 0 aromatic carbocycles. The number of fused-ring (bicyclic) bond motifs is 1. The van der Waals surface area contributed by atoms with Crippen molar-refractivity contribution in [2.45, 2.75) is 50.6 Å². The summed E-state index contributed by atoms with van der Waals surface area (Å²) in [5, 5.41) is 0. The van der Waals surface area contributed by atoms with Gasteiger partial charge < -0.3 is 20.3 Å². The van der Waals surface area contributed by atoms with Crippen molar-refractivity contribution in [1.82, 2.24) is 19.9 Å². The molecule has 2 aromatic heterocycles. The highest BCUT2D eigenvalue weighted by Gasteiger charge is 2.44. The Labute approximate surface area is 173 Å². The molecule has 2 atom stereocenters. The van der Waals surface area contributed by atoms with Crippen molar-refractivity contribution in [3.05, 3.63) is 18.0 Å². The third-order valence-corrected chi connectivity index (χ3v) is 6.24. The van der Waals surface area contributed by atoms with Crippen LogP contribution in [0.25, 0.3) is 11.3 Å². The van der Waals surface area contributed by atoms with Gasteiger partial charge in [0, 0.05) is 55.5 Å². The Morgan fingerprint density at radius 2 is 1.97 bits per heavy atom. The van der Waals surface area contributed by atoms with Crippen molar-refractivity contribution in [3.63, 3.8) is 0 Å². The molecule has 1 saturated heterocycles. The van der Waals surface area contributed by atoms with Crippen LogP contribution in [0.4, 0.5) is 26.5 Å². The largest absolute Gasteiger partial charge is 0.377 e. The number of morpholine rings is 1. The minimum absolute atomic E-state index is 0.0689. The highest BCUT2D eigenvalue weighted by atomic mass is 19.3. The zero-order valence-corrected chi connectivity index (χ0v) is 16.9. The highest BCUT2D eigenvalue weighted by Crippen LogP contribution is 2.43. The second kappa shape index (κ2) is 7.26. The maximum atomic E-state index is 13.9. The standard InChI is InChI=1S/C20H25F2N7O/c1-12-11-30-7-6-28(12)19-26-16(13-9-24-18(23)25-10-13)15-3-5-29(17(15)27-19)14-2-4-20(21,22)8-14/h9-10,12,14H,2-8,11H2,1H3,(H2,23,24,25). The van der Waals surface area contributed by atoms with Crippen LogP contribution in [0.3, 0.4) is 0 Å². The molecule has 2 aromatic rings. The average molecular weight is 417 g/mol. The Bertz CT molecular complexity index is 939. The Kier molecular flexibility index (Phi) is 4.68. The number of alkyl halides is 2. The topological polar surface area (TPSA) is 93.3 Å².